The minimum Gasteiger partial charge on any atom is -0.480 e. The Morgan fingerprint density at radius 2 is 1.77 bits per heavy atom. The van der Waals surface area contributed by atoms with Gasteiger partial charge in [0.1, 0.15) is 12.3 Å². The first-order valence-corrected chi connectivity index (χ1v) is 10.2. The highest BCUT2D eigenvalue weighted by Gasteiger charge is 2.32. The average molecular weight is 404 g/mol. The summed E-state index contributed by atoms with van der Waals surface area (Å²) in [6.07, 6.45) is 4.15. The number of ether oxygens (including phenoxy) is 1. The summed E-state index contributed by atoms with van der Waals surface area (Å²) in [6.45, 7) is -0.364. The first-order valence-electron chi connectivity index (χ1n) is 10.2. The molecule has 1 aliphatic rings. The van der Waals surface area contributed by atoms with Crippen molar-refractivity contribution < 1.29 is 19.4 Å². The molecule has 0 saturated heterocycles. The Labute approximate surface area is 174 Å². The summed E-state index contributed by atoms with van der Waals surface area (Å²) in [7, 11) is 0. The number of fused-ring (bicyclic) bond motifs is 1. The number of carboxylic acids is 1. The van der Waals surface area contributed by atoms with Crippen LogP contribution in [0.3, 0.4) is 0 Å². The van der Waals surface area contributed by atoms with Crippen LogP contribution in [0.1, 0.15) is 37.2 Å². The Kier molecular flexibility index (Phi) is 5.93. The number of nitrogens with one attached hydrogen (secondary N) is 1. The van der Waals surface area contributed by atoms with Gasteiger partial charge >= 0.3 is 5.97 Å². The molecule has 2 N–H and O–H groups in total. The van der Waals surface area contributed by atoms with E-state index in [0.717, 1.165) is 42.1 Å². The van der Waals surface area contributed by atoms with E-state index in [0.29, 0.717) is 11.6 Å². The van der Waals surface area contributed by atoms with Crippen LogP contribution in [0.5, 0.6) is 11.6 Å². The zero-order chi connectivity index (χ0) is 20.9. The second kappa shape index (κ2) is 8.95. The van der Waals surface area contributed by atoms with Crippen molar-refractivity contribution in [3.8, 4) is 11.6 Å². The largest absolute Gasteiger partial charge is 0.480 e. The molecule has 0 radical (unpaired) electrons. The molecule has 1 heterocycles. The second-order valence-electron chi connectivity index (χ2n) is 7.65. The van der Waals surface area contributed by atoms with Gasteiger partial charge in [0.2, 0.25) is 11.8 Å². The highest BCUT2D eigenvalue weighted by atomic mass is 16.5. The zero-order valence-corrected chi connectivity index (χ0v) is 16.6. The summed E-state index contributed by atoms with van der Waals surface area (Å²) in [5.41, 5.74) is 1.74. The number of carbonyl (C=O) groups excluding carboxylic acids is 1. The van der Waals surface area contributed by atoms with E-state index in [1.807, 2.05) is 60.7 Å². The van der Waals surface area contributed by atoms with Crippen molar-refractivity contribution in [2.24, 2.45) is 5.92 Å². The molecule has 1 atom stereocenters. The summed E-state index contributed by atoms with van der Waals surface area (Å²) < 4.78 is 5.90. The fourth-order valence-corrected chi connectivity index (χ4v) is 4.17. The molecule has 4 rings (SSSR count). The number of benzene rings is 2. The van der Waals surface area contributed by atoms with Crippen LogP contribution in [0.4, 0.5) is 0 Å². The van der Waals surface area contributed by atoms with Gasteiger partial charge in [-0.05, 0) is 48.6 Å². The van der Waals surface area contributed by atoms with Crippen molar-refractivity contribution in [2.75, 3.05) is 6.54 Å². The van der Waals surface area contributed by atoms with E-state index in [1.54, 1.807) is 0 Å². The lowest BCUT2D eigenvalue weighted by Crippen LogP contribution is -2.36. The molecule has 1 amide bonds. The molecule has 1 unspecified atom stereocenters. The number of carboxylic acid groups (broad SMARTS) is 1. The highest BCUT2D eigenvalue weighted by molar-refractivity contribution is 5.87. The Hall–Kier alpha value is -3.41. The van der Waals surface area contributed by atoms with Crippen LogP contribution < -0.4 is 10.1 Å². The molecule has 2 aromatic carbocycles. The van der Waals surface area contributed by atoms with Gasteiger partial charge in [0.25, 0.3) is 0 Å². The normalized spacial score (nSPS) is 15.1. The predicted molar refractivity (Wildman–Crippen MR) is 114 cm³/mol. The van der Waals surface area contributed by atoms with Crippen LogP contribution in [0.15, 0.2) is 60.7 Å². The summed E-state index contributed by atoms with van der Waals surface area (Å²) in [6, 6.07) is 19.1. The number of aliphatic carboxylic acids is 1. The minimum atomic E-state index is -1.04. The van der Waals surface area contributed by atoms with Crippen molar-refractivity contribution in [3.63, 3.8) is 0 Å². The lowest BCUT2D eigenvalue weighted by Gasteiger charge is -2.23. The standard InChI is InChI=1S/C24H24N2O4/c27-22(28)15-25-24(29)23(17-6-1-2-7-17)18-9-12-19(13-10-18)30-21-14-11-16-5-3-4-8-20(16)26-21/h3-5,8-14,17,23H,1-2,6-7,15H2,(H,25,29)(H,27,28). The Bertz CT molecular complexity index is 1040. The Morgan fingerprint density at radius 3 is 2.50 bits per heavy atom. The molecule has 3 aromatic rings. The van der Waals surface area contributed by atoms with Crippen LogP contribution in [0.2, 0.25) is 0 Å². The molecule has 1 aliphatic carbocycles. The van der Waals surface area contributed by atoms with Crippen molar-refractivity contribution in [1.29, 1.82) is 0 Å². The number of para-hydroxylation sites is 1. The fraction of sp³-hybridized carbons (Fsp3) is 0.292. The summed E-state index contributed by atoms with van der Waals surface area (Å²) in [5, 5.41) is 12.5. The maximum atomic E-state index is 12.7. The van der Waals surface area contributed by atoms with Crippen LogP contribution >= 0.6 is 0 Å². The maximum absolute atomic E-state index is 12.7. The summed E-state index contributed by atoms with van der Waals surface area (Å²) >= 11 is 0. The molecule has 6 nitrogen and oxygen atoms in total. The quantitative estimate of drug-likeness (QED) is 0.605. The van der Waals surface area contributed by atoms with Gasteiger partial charge in [0.15, 0.2) is 0 Å². The first kappa shape index (κ1) is 19.9. The number of aromatic nitrogens is 1. The van der Waals surface area contributed by atoms with E-state index in [9.17, 15) is 9.59 Å². The number of pyridine rings is 1. The Balaban J connectivity index is 1.51. The van der Waals surface area contributed by atoms with E-state index in [1.165, 1.54) is 0 Å². The SMILES string of the molecule is O=C(O)CNC(=O)C(c1ccc(Oc2ccc3ccccc3n2)cc1)C1CCCC1. The molecule has 1 aromatic heterocycles. The summed E-state index contributed by atoms with van der Waals surface area (Å²) in [5.74, 6) is -0.243. The molecule has 30 heavy (non-hydrogen) atoms. The molecular formula is C24H24N2O4. The number of carbonyl (C=O) groups is 2. The van der Waals surface area contributed by atoms with Crippen LogP contribution in [-0.4, -0.2) is 28.5 Å². The molecule has 154 valence electrons. The van der Waals surface area contributed by atoms with Gasteiger partial charge in [-0.25, -0.2) is 4.98 Å². The molecule has 0 bridgehead atoms. The predicted octanol–water partition coefficient (Wildman–Crippen LogP) is 4.50. The molecule has 0 aliphatic heterocycles. The number of nitrogens with zero attached hydrogens (tertiary/aromatic N) is 1. The van der Waals surface area contributed by atoms with E-state index in [4.69, 9.17) is 9.84 Å². The van der Waals surface area contributed by atoms with E-state index >= 15 is 0 Å². The third kappa shape index (κ3) is 4.59. The molecular weight excluding hydrogens is 380 g/mol. The van der Waals surface area contributed by atoms with Crippen molar-refractivity contribution in [2.45, 2.75) is 31.6 Å². The summed E-state index contributed by atoms with van der Waals surface area (Å²) in [4.78, 5) is 28.1. The van der Waals surface area contributed by atoms with Gasteiger partial charge in [-0.15, -0.1) is 0 Å². The van der Waals surface area contributed by atoms with Crippen molar-refractivity contribution in [1.82, 2.24) is 10.3 Å². The van der Waals surface area contributed by atoms with Crippen LogP contribution in [-0.2, 0) is 9.59 Å². The van der Waals surface area contributed by atoms with Gasteiger partial charge < -0.3 is 15.2 Å². The van der Waals surface area contributed by atoms with Crippen LogP contribution in [0, 0.1) is 5.92 Å². The monoisotopic (exact) mass is 404 g/mol. The Morgan fingerprint density at radius 1 is 1.03 bits per heavy atom. The first-order chi connectivity index (χ1) is 14.6. The van der Waals surface area contributed by atoms with Crippen molar-refractivity contribution >= 4 is 22.8 Å². The third-order valence-corrected chi connectivity index (χ3v) is 5.60. The second-order valence-corrected chi connectivity index (χ2v) is 7.65. The van der Waals surface area contributed by atoms with Crippen LogP contribution in [0.25, 0.3) is 10.9 Å². The lowest BCUT2D eigenvalue weighted by molar-refractivity contribution is -0.138. The smallest absolute Gasteiger partial charge is 0.322 e. The van der Waals surface area contributed by atoms with Gasteiger partial charge in [-0.2, -0.15) is 0 Å². The topological polar surface area (TPSA) is 88.5 Å². The molecule has 1 saturated carbocycles. The minimum absolute atomic E-state index is 0.228. The van der Waals surface area contributed by atoms with Gasteiger partial charge in [-0.3, -0.25) is 9.59 Å². The molecule has 6 heteroatoms. The highest BCUT2D eigenvalue weighted by Crippen LogP contribution is 2.38. The van der Waals surface area contributed by atoms with E-state index < -0.39 is 5.97 Å². The molecule has 1 fully saturated rings. The fourth-order valence-electron chi connectivity index (χ4n) is 4.17. The van der Waals surface area contributed by atoms with Crippen molar-refractivity contribution in [3.05, 3.63) is 66.2 Å². The average Bonchev–Trinajstić information content (AvgIpc) is 3.28. The van der Waals surface area contributed by atoms with E-state index in [-0.39, 0.29) is 24.3 Å². The number of rotatable bonds is 7. The number of amides is 1. The van der Waals surface area contributed by atoms with Gasteiger partial charge in [-0.1, -0.05) is 43.2 Å². The van der Waals surface area contributed by atoms with E-state index in [2.05, 4.69) is 10.3 Å². The number of hydrogen-bond acceptors (Lipinski definition) is 4. The third-order valence-electron chi connectivity index (χ3n) is 5.60. The zero-order valence-electron chi connectivity index (χ0n) is 16.6. The van der Waals surface area contributed by atoms with Gasteiger partial charge in [0.05, 0.1) is 11.4 Å². The number of hydrogen-bond donors (Lipinski definition) is 2. The molecule has 0 spiro atoms. The lowest BCUT2D eigenvalue weighted by atomic mass is 9.84. The maximum Gasteiger partial charge on any atom is 0.322 e. The van der Waals surface area contributed by atoms with Gasteiger partial charge in [0, 0.05) is 11.5 Å².